The molecular weight excluding hydrogens is 587 g/mol. The number of nitrogens with zero attached hydrogens (tertiary/aromatic N) is 3. The monoisotopic (exact) mass is 617 g/mol. The molecule has 0 unspecified atom stereocenters. The zero-order chi connectivity index (χ0) is 32.1. The Hall–Kier alpha value is -6.13. The molecule has 4 aromatic heterocycles. The van der Waals surface area contributed by atoms with Crippen molar-refractivity contribution < 1.29 is 4.42 Å². The van der Waals surface area contributed by atoms with Crippen LogP contribution in [0.25, 0.3) is 88.2 Å². The van der Waals surface area contributed by atoms with E-state index in [4.69, 9.17) is 4.42 Å². The van der Waals surface area contributed by atoms with E-state index in [1.165, 1.54) is 77.1 Å². The van der Waals surface area contributed by atoms with Gasteiger partial charge in [0.25, 0.3) is 0 Å². The molecule has 0 atom stereocenters. The summed E-state index contributed by atoms with van der Waals surface area (Å²) in [5, 5.41) is 6.01. The fraction of sp³-hybridized carbons (Fsp3) is 0.0682. The molecule has 0 N–H and O–H groups in total. The molecule has 228 valence electrons. The van der Waals surface area contributed by atoms with Gasteiger partial charge < -0.3 is 13.6 Å². The number of para-hydroxylation sites is 2. The van der Waals surface area contributed by atoms with Crippen molar-refractivity contribution in [1.82, 2.24) is 14.1 Å². The third-order valence-electron chi connectivity index (χ3n) is 10.0. The second-order valence-corrected chi connectivity index (χ2v) is 13.0. The largest absolute Gasteiger partial charge is 0.454 e. The van der Waals surface area contributed by atoms with Crippen molar-refractivity contribution in [3.63, 3.8) is 0 Å². The molecule has 6 aromatic carbocycles. The number of furan rings is 1. The van der Waals surface area contributed by atoms with E-state index in [1.54, 1.807) is 0 Å². The third kappa shape index (κ3) is 3.80. The fourth-order valence-corrected chi connectivity index (χ4v) is 8.07. The highest BCUT2D eigenvalue weighted by molar-refractivity contribution is 6.13. The van der Waals surface area contributed by atoms with Crippen molar-refractivity contribution in [2.45, 2.75) is 20.8 Å². The van der Waals surface area contributed by atoms with Crippen molar-refractivity contribution >= 4 is 65.7 Å². The lowest BCUT2D eigenvalue weighted by atomic mass is 10.0. The fourth-order valence-electron chi connectivity index (χ4n) is 8.07. The molecule has 0 aliphatic heterocycles. The molecule has 0 saturated heterocycles. The Morgan fingerprint density at radius 3 is 1.77 bits per heavy atom. The minimum absolute atomic E-state index is 0.806. The van der Waals surface area contributed by atoms with Gasteiger partial charge in [-0.15, -0.1) is 0 Å². The Balaban J connectivity index is 1.17. The molecule has 0 aliphatic carbocycles. The summed E-state index contributed by atoms with van der Waals surface area (Å²) in [5.41, 5.74) is 16.0. The minimum Gasteiger partial charge on any atom is -0.454 e. The molecule has 48 heavy (non-hydrogen) atoms. The number of fused-ring (bicyclic) bond motifs is 9. The summed E-state index contributed by atoms with van der Waals surface area (Å²) < 4.78 is 10.9. The van der Waals surface area contributed by atoms with Gasteiger partial charge in [-0.05, 0) is 110 Å². The van der Waals surface area contributed by atoms with Crippen LogP contribution in [-0.4, -0.2) is 14.1 Å². The van der Waals surface area contributed by atoms with Crippen LogP contribution in [0.15, 0.2) is 138 Å². The molecule has 4 nitrogen and oxygen atoms in total. The van der Waals surface area contributed by atoms with E-state index < -0.39 is 0 Å². The number of rotatable bonds is 3. The molecule has 10 rings (SSSR count). The van der Waals surface area contributed by atoms with Crippen LogP contribution in [0.4, 0.5) is 0 Å². The molecule has 4 heterocycles. The van der Waals surface area contributed by atoms with Gasteiger partial charge in [0.05, 0.1) is 27.8 Å². The van der Waals surface area contributed by atoms with Crippen molar-refractivity contribution in [1.29, 1.82) is 0 Å². The molecule has 0 aliphatic rings. The van der Waals surface area contributed by atoms with Crippen LogP contribution in [0.5, 0.6) is 0 Å². The Kier molecular flexibility index (Phi) is 5.59. The van der Waals surface area contributed by atoms with Gasteiger partial charge in [-0.1, -0.05) is 66.2 Å². The molecule has 10 aromatic rings. The second-order valence-electron chi connectivity index (χ2n) is 13.0. The van der Waals surface area contributed by atoms with Crippen LogP contribution in [0.2, 0.25) is 0 Å². The summed E-state index contributed by atoms with van der Waals surface area (Å²) in [4.78, 5) is 4.63. The lowest BCUT2D eigenvalue weighted by Crippen LogP contribution is -2.00. The van der Waals surface area contributed by atoms with Gasteiger partial charge in [0.2, 0.25) is 0 Å². The molecule has 0 amide bonds. The predicted octanol–water partition coefficient (Wildman–Crippen LogP) is 11.8. The van der Waals surface area contributed by atoms with Crippen molar-refractivity contribution in [3.8, 4) is 22.5 Å². The standard InChI is InChI=1S/C44H31N3O/c1-26-21-27(2)44(28(3)22-26)47-38-12-7-5-10-33(38)35-24-30(15-18-40(35)47)29-14-17-39-34(23-29)32-9-4-6-11-37(32)46(39)31-16-19-41-36(25-31)43-42(48-41)13-8-20-45-43/h4-25H,1-3H3. The Bertz CT molecular complexity index is 2910. The highest BCUT2D eigenvalue weighted by Gasteiger charge is 2.18. The highest BCUT2D eigenvalue weighted by Crippen LogP contribution is 2.40. The number of hydrogen-bond acceptors (Lipinski definition) is 2. The van der Waals surface area contributed by atoms with Gasteiger partial charge in [-0.2, -0.15) is 0 Å². The van der Waals surface area contributed by atoms with Gasteiger partial charge >= 0.3 is 0 Å². The van der Waals surface area contributed by atoms with Crippen LogP contribution in [0.1, 0.15) is 16.7 Å². The summed E-state index contributed by atoms with van der Waals surface area (Å²) >= 11 is 0. The molecule has 0 fully saturated rings. The number of aryl methyl sites for hydroxylation is 3. The zero-order valence-corrected chi connectivity index (χ0v) is 27.0. The summed E-state index contributed by atoms with van der Waals surface area (Å²) in [6, 6.07) is 46.2. The van der Waals surface area contributed by atoms with Gasteiger partial charge in [-0.25, -0.2) is 0 Å². The van der Waals surface area contributed by atoms with E-state index in [-0.39, 0.29) is 0 Å². The van der Waals surface area contributed by atoms with Crippen LogP contribution in [-0.2, 0) is 0 Å². The van der Waals surface area contributed by atoms with Gasteiger partial charge in [0, 0.05) is 38.8 Å². The molecule has 0 spiro atoms. The molecule has 0 bridgehead atoms. The molecular formula is C44H31N3O. The van der Waals surface area contributed by atoms with Crippen LogP contribution < -0.4 is 0 Å². The second kappa shape index (κ2) is 9.93. The van der Waals surface area contributed by atoms with Crippen LogP contribution in [0, 0.1) is 20.8 Å². The molecule has 0 saturated carbocycles. The number of benzene rings is 6. The SMILES string of the molecule is Cc1cc(C)c(-n2c3ccccc3c3cc(-c4ccc5c(c4)c4ccccc4n5-c4ccc5oc6cccnc6c5c4)ccc32)c(C)c1. The lowest BCUT2D eigenvalue weighted by Gasteiger charge is -2.15. The maximum absolute atomic E-state index is 6.09. The van der Waals surface area contributed by atoms with Gasteiger partial charge in [-0.3, -0.25) is 4.98 Å². The quantitative estimate of drug-likeness (QED) is 0.198. The van der Waals surface area contributed by atoms with Gasteiger partial charge in [0.1, 0.15) is 11.1 Å². The average Bonchev–Trinajstić information content (AvgIpc) is 3.75. The number of hydrogen-bond donors (Lipinski definition) is 0. The third-order valence-corrected chi connectivity index (χ3v) is 10.0. The summed E-state index contributed by atoms with van der Waals surface area (Å²) in [5.74, 6) is 0. The smallest absolute Gasteiger partial charge is 0.153 e. The van der Waals surface area contributed by atoms with Crippen molar-refractivity contribution in [2.24, 2.45) is 0 Å². The summed E-state index contributed by atoms with van der Waals surface area (Å²) in [6.07, 6.45) is 1.83. The van der Waals surface area contributed by atoms with Gasteiger partial charge in [0.15, 0.2) is 5.58 Å². The van der Waals surface area contributed by atoms with Crippen molar-refractivity contribution in [2.75, 3.05) is 0 Å². The zero-order valence-electron chi connectivity index (χ0n) is 27.0. The summed E-state index contributed by atoms with van der Waals surface area (Å²) in [7, 11) is 0. The number of aromatic nitrogens is 3. The Morgan fingerprint density at radius 2 is 1.08 bits per heavy atom. The first-order chi connectivity index (χ1) is 23.5. The first-order valence-electron chi connectivity index (χ1n) is 16.5. The first kappa shape index (κ1) is 27.0. The minimum atomic E-state index is 0.806. The van der Waals surface area contributed by atoms with Crippen molar-refractivity contribution in [3.05, 3.63) is 150 Å². The van der Waals surface area contributed by atoms with Crippen LogP contribution in [0.3, 0.4) is 0 Å². The maximum Gasteiger partial charge on any atom is 0.153 e. The van der Waals surface area contributed by atoms with E-state index in [9.17, 15) is 0 Å². The van der Waals surface area contributed by atoms with E-state index >= 15 is 0 Å². The molecule has 4 heteroatoms. The molecule has 0 radical (unpaired) electrons. The van der Waals surface area contributed by atoms with E-state index in [2.05, 4.69) is 150 Å². The first-order valence-corrected chi connectivity index (χ1v) is 16.5. The average molecular weight is 618 g/mol. The summed E-state index contributed by atoms with van der Waals surface area (Å²) in [6.45, 7) is 6.62. The maximum atomic E-state index is 6.09. The lowest BCUT2D eigenvalue weighted by molar-refractivity contribution is 0.668. The van der Waals surface area contributed by atoms with E-state index in [0.29, 0.717) is 0 Å². The Morgan fingerprint density at radius 1 is 0.479 bits per heavy atom. The topological polar surface area (TPSA) is 35.9 Å². The normalized spacial score (nSPS) is 12.1. The highest BCUT2D eigenvalue weighted by atomic mass is 16.3. The Labute approximate surface area is 277 Å². The predicted molar refractivity (Wildman–Crippen MR) is 200 cm³/mol. The van der Waals surface area contributed by atoms with Crippen LogP contribution >= 0.6 is 0 Å². The van der Waals surface area contributed by atoms with E-state index in [0.717, 1.165) is 27.8 Å². The van der Waals surface area contributed by atoms with E-state index in [1.807, 2.05) is 18.3 Å². The number of pyridine rings is 1.